The fraction of sp³-hybridized carbons (Fsp3) is 0.167. The van der Waals surface area contributed by atoms with Gasteiger partial charge >= 0.3 is 5.97 Å². The number of carbonyl (C=O) groups is 2. The number of hydrogen-bond acceptors (Lipinski definition) is 6. The summed E-state index contributed by atoms with van der Waals surface area (Å²) in [7, 11) is 0. The maximum Gasteiger partial charge on any atom is 0.338 e. The highest BCUT2D eigenvalue weighted by Gasteiger charge is 2.13. The molecule has 0 aliphatic heterocycles. The second-order valence-corrected chi connectivity index (χ2v) is 5.09. The van der Waals surface area contributed by atoms with Crippen LogP contribution in [-0.4, -0.2) is 30.1 Å². The van der Waals surface area contributed by atoms with E-state index >= 15 is 0 Å². The van der Waals surface area contributed by atoms with E-state index in [9.17, 15) is 9.59 Å². The number of esters is 1. The highest BCUT2D eigenvalue weighted by atomic mass is 16.5. The molecule has 0 aliphatic rings. The van der Waals surface area contributed by atoms with Crippen molar-refractivity contribution in [2.24, 2.45) is 0 Å². The fourth-order valence-corrected chi connectivity index (χ4v) is 2.23. The van der Waals surface area contributed by atoms with E-state index in [1.54, 1.807) is 36.4 Å². The first-order valence-electron chi connectivity index (χ1n) is 7.69. The molecule has 0 saturated carbocycles. The van der Waals surface area contributed by atoms with Crippen LogP contribution in [-0.2, 0) is 9.53 Å². The Hall–Kier alpha value is -3.35. The van der Waals surface area contributed by atoms with Gasteiger partial charge in [-0.15, -0.1) is 0 Å². The molecule has 1 N–H and O–H groups in total. The first-order valence-corrected chi connectivity index (χ1v) is 7.69. The third kappa shape index (κ3) is 3.95. The van der Waals surface area contributed by atoms with Crippen molar-refractivity contribution in [3.05, 3.63) is 54.4 Å². The van der Waals surface area contributed by atoms with Crippen molar-refractivity contribution in [2.75, 3.05) is 18.5 Å². The zero-order valence-corrected chi connectivity index (χ0v) is 13.5. The van der Waals surface area contributed by atoms with Crippen LogP contribution < -0.4 is 10.1 Å². The standard InChI is InChI=1S/C18H16N2O5/c1-2-23-15-6-4-3-5-14(15)20-17(21)10-24-18(22)12-7-8-13-16(9-12)25-11-19-13/h3-9,11H,2,10H2,1H3,(H,20,21). The SMILES string of the molecule is CCOc1ccccc1NC(=O)COC(=O)c1ccc2ncoc2c1. The smallest absolute Gasteiger partial charge is 0.338 e. The second kappa shape index (κ2) is 7.48. The lowest BCUT2D eigenvalue weighted by atomic mass is 10.2. The van der Waals surface area contributed by atoms with Gasteiger partial charge in [-0.05, 0) is 37.3 Å². The van der Waals surface area contributed by atoms with Gasteiger partial charge in [0.15, 0.2) is 18.6 Å². The van der Waals surface area contributed by atoms with Crippen molar-refractivity contribution < 1.29 is 23.5 Å². The number of oxazole rings is 1. The molecule has 3 rings (SSSR count). The Kier molecular flexibility index (Phi) is 4.94. The molecule has 1 heterocycles. The molecule has 0 unspecified atom stereocenters. The average Bonchev–Trinajstić information content (AvgIpc) is 3.09. The highest BCUT2D eigenvalue weighted by Crippen LogP contribution is 2.23. The van der Waals surface area contributed by atoms with Gasteiger partial charge in [0.1, 0.15) is 11.3 Å². The molecule has 0 radical (unpaired) electrons. The predicted molar refractivity (Wildman–Crippen MR) is 90.5 cm³/mol. The van der Waals surface area contributed by atoms with E-state index in [-0.39, 0.29) is 5.56 Å². The molecular weight excluding hydrogens is 324 g/mol. The van der Waals surface area contributed by atoms with Gasteiger partial charge in [-0.3, -0.25) is 4.79 Å². The van der Waals surface area contributed by atoms with Crippen molar-refractivity contribution in [2.45, 2.75) is 6.92 Å². The first kappa shape index (κ1) is 16.5. The molecule has 2 aromatic carbocycles. The molecule has 0 fully saturated rings. The van der Waals surface area contributed by atoms with Crippen molar-refractivity contribution >= 4 is 28.7 Å². The molecule has 0 atom stereocenters. The Balaban J connectivity index is 1.59. The number of nitrogens with zero attached hydrogens (tertiary/aromatic N) is 1. The monoisotopic (exact) mass is 340 g/mol. The minimum Gasteiger partial charge on any atom is -0.492 e. The Labute approximate surface area is 143 Å². The van der Waals surface area contributed by atoms with Crippen LogP contribution in [0.2, 0.25) is 0 Å². The fourth-order valence-electron chi connectivity index (χ4n) is 2.23. The zero-order chi connectivity index (χ0) is 17.6. The van der Waals surface area contributed by atoms with Crippen molar-refractivity contribution in [3.63, 3.8) is 0 Å². The number of anilines is 1. The molecule has 7 nitrogen and oxygen atoms in total. The number of benzene rings is 2. The summed E-state index contributed by atoms with van der Waals surface area (Å²) in [5.41, 5.74) is 1.92. The molecule has 0 aliphatic carbocycles. The minimum absolute atomic E-state index is 0.284. The van der Waals surface area contributed by atoms with Gasteiger partial charge in [0.25, 0.3) is 5.91 Å². The summed E-state index contributed by atoms with van der Waals surface area (Å²) < 4.78 is 15.6. The Bertz CT molecular complexity index is 903. The molecule has 3 aromatic rings. The van der Waals surface area contributed by atoms with Gasteiger partial charge in [-0.25, -0.2) is 9.78 Å². The number of para-hydroxylation sites is 2. The summed E-state index contributed by atoms with van der Waals surface area (Å²) in [6, 6.07) is 11.8. The van der Waals surface area contributed by atoms with Gasteiger partial charge in [0.05, 0.1) is 17.9 Å². The maximum atomic E-state index is 12.0. The van der Waals surface area contributed by atoms with Gasteiger partial charge in [0, 0.05) is 0 Å². The lowest BCUT2D eigenvalue weighted by Crippen LogP contribution is -2.21. The molecule has 25 heavy (non-hydrogen) atoms. The number of rotatable bonds is 6. The van der Waals surface area contributed by atoms with Crippen LogP contribution in [0.1, 0.15) is 17.3 Å². The lowest BCUT2D eigenvalue weighted by Gasteiger charge is -2.11. The van der Waals surface area contributed by atoms with Crippen molar-refractivity contribution in [1.29, 1.82) is 0 Å². The summed E-state index contributed by atoms with van der Waals surface area (Å²) in [4.78, 5) is 28.0. The summed E-state index contributed by atoms with van der Waals surface area (Å²) in [6.07, 6.45) is 1.29. The average molecular weight is 340 g/mol. The quantitative estimate of drug-likeness (QED) is 0.694. The topological polar surface area (TPSA) is 90.7 Å². The summed E-state index contributed by atoms with van der Waals surface area (Å²) in [6.45, 7) is 1.92. The van der Waals surface area contributed by atoms with E-state index in [0.717, 1.165) is 0 Å². The maximum absolute atomic E-state index is 12.0. The minimum atomic E-state index is -0.619. The Morgan fingerprint density at radius 2 is 2.04 bits per heavy atom. The number of aromatic nitrogens is 1. The number of fused-ring (bicyclic) bond motifs is 1. The lowest BCUT2D eigenvalue weighted by molar-refractivity contribution is -0.119. The van der Waals surface area contributed by atoms with E-state index in [0.29, 0.717) is 29.1 Å². The molecule has 0 spiro atoms. The van der Waals surface area contributed by atoms with Crippen LogP contribution in [0.25, 0.3) is 11.1 Å². The van der Waals surface area contributed by atoms with E-state index in [1.807, 2.05) is 6.92 Å². The molecular formula is C18H16N2O5. The largest absolute Gasteiger partial charge is 0.492 e. The van der Waals surface area contributed by atoms with E-state index < -0.39 is 18.5 Å². The third-order valence-electron chi connectivity index (χ3n) is 3.36. The molecule has 0 saturated heterocycles. The Morgan fingerprint density at radius 1 is 1.20 bits per heavy atom. The van der Waals surface area contributed by atoms with Crippen LogP contribution in [0, 0.1) is 0 Å². The number of carbonyl (C=O) groups excluding carboxylic acids is 2. The number of amides is 1. The second-order valence-electron chi connectivity index (χ2n) is 5.09. The van der Waals surface area contributed by atoms with Gasteiger partial charge in [-0.2, -0.15) is 0 Å². The zero-order valence-electron chi connectivity index (χ0n) is 13.5. The molecule has 128 valence electrons. The van der Waals surface area contributed by atoms with E-state index in [1.165, 1.54) is 12.5 Å². The third-order valence-corrected chi connectivity index (χ3v) is 3.36. The van der Waals surface area contributed by atoms with Crippen LogP contribution in [0.4, 0.5) is 5.69 Å². The van der Waals surface area contributed by atoms with Crippen LogP contribution in [0.5, 0.6) is 5.75 Å². The van der Waals surface area contributed by atoms with Gasteiger partial charge in [-0.1, -0.05) is 12.1 Å². The van der Waals surface area contributed by atoms with Crippen LogP contribution in [0.15, 0.2) is 53.3 Å². The molecule has 0 bridgehead atoms. The van der Waals surface area contributed by atoms with Crippen molar-refractivity contribution in [3.8, 4) is 5.75 Å². The van der Waals surface area contributed by atoms with E-state index in [4.69, 9.17) is 13.9 Å². The van der Waals surface area contributed by atoms with Crippen molar-refractivity contribution in [1.82, 2.24) is 4.98 Å². The normalized spacial score (nSPS) is 10.4. The molecule has 1 amide bonds. The van der Waals surface area contributed by atoms with Crippen LogP contribution >= 0.6 is 0 Å². The number of nitrogens with one attached hydrogen (secondary N) is 1. The summed E-state index contributed by atoms with van der Waals surface area (Å²) in [5.74, 6) is -0.520. The first-order chi connectivity index (χ1) is 12.2. The van der Waals surface area contributed by atoms with Crippen LogP contribution in [0.3, 0.4) is 0 Å². The number of ether oxygens (including phenoxy) is 2. The molecule has 7 heteroatoms. The number of hydrogen-bond donors (Lipinski definition) is 1. The van der Waals surface area contributed by atoms with E-state index in [2.05, 4.69) is 10.3 Å². The predicted octanol–water partition coefficient (Wildman–Crippen LogP) is 3.02. The summed E-state index contributed by atoms with van der Waals surface area (Å²) in [5, 5.41) is 2.66. The Morgan fingerprint density at radius 3 is 2.88 bits per heavy atom. The summed E-state index contributed by atoms with van der Waals surface area (Å²) >= 11 is 0. The van der Waals surface area contributed by atoms with Gasteiger partial charge in [0.2, 0.25) is 0 Å². The highest BCUT2D eigenvalue weighted by molar-refractivity contribution is 5.97. The molecule has 1 aromatic heterocycles. The van der Waals surface area contributed by atoms with Gasteiger partial charge < -0.3 is 19.2 Å².